The molecule has 0 spiro atoms. The van der Waals surface area contributed by atoms with Crippen molar-refractivity contribution in [1.82, 2.24) is 0 Å². The maximum atomic E-state index is 12.5. The van der Waals surface area contributed by atoms with Crippen molar-refractivity contribution in [3.05, 3.63) is 46.1 Å². The van der Waals surface area contributed by atoms with E-state index in [0.29, 0.717) is 16.9 Å². The molecule has 0 radical (unpaired) electrons. The summed E-state index contributed by atoms with van der Waals surface area (Å²) in [7, 11) is -1.72. The van der Waals surface area contributed by atoms with E-state index in [1.54, 1.807) is 26.0 Å². The lowest BCUT2D eigenvalue weighted by Crippen LogP contribution is -2.13. The van der Waals surface area contributed by atoms with Gasteiger partial charge in [-0.3, -0.25) is 9.36 Å². The maximum absolute atomic E-state index is 12.5. The highest BCUT2D eigenvalue weighted by atomic mass is 31.2. The van der Waals surface area contributed by atoms with Crippen molar-refractivity contribution in [1.29, 1.82) is 0 Å². The lowest BCUT2D eigenvalue weighted by molar-refractivity contribution is -0.141. The number of phenolic OH excluding ortho intramolecular Hbond substituents is 1. The molecule has 10 heteroatoms. The highest BCUT2D eigenvalue weighted by molar-refractivity contribution is 7.54. The average Bonchev–Trinajstić information content (AvgIpc) is 3.19. The van der Waals surface area contributed by atoms with Crippen molar-refractivity contribution >= 4 is 19.5 Å². The van der Waals surface area contributed by atoms with Crippen LogP contribution < -0.4 is 4.74 Å². The zero-order valence-electron chi connectivity index (χ0n) is 21.0. The van der Waals surface area contributed by atoms with Crippen molar-refractivity contribution in [2.75, 3.05) is 26.5 Å². The van der Waals surface area contributed by atoms with Gasteiger partial charge in [-0.25, -0.2) is 4.79 Å². The Labute approximate surface area is 206 Å². The fourth-order valence-electron chi connectivity index (χ4n) is 4.05. The molecule has 1 aliphatic rings. The number of fused-ring (bicyclic) bond motifs is 1. The predicted molar refractivity (Wildman–Crippen MR) is 131 cm³/mol. The number of benzene rings is 1. The van der Waals surface area contributed by atoms with E-state index in [2.05, 4.69) is 0 Å². The summed E-state index contributed by atoms with van der Waals surface area (Å²) in [6.07, 6.45) is 6.00. The Kier molecular flexibility index (Phi) is 10.6. The van der Waals surface area contributed by atoms with Crippen LogP contribution in [0.15, 0.2) is 23.8 Å². The molecule has 35 heavy (non-hydrogen) atoms. The predicted octanol–water partition coefficient (Wildman–Crippen LogP) is 5.17. The second-order valence-electron chi connectivity index (χ2n) is 8.25. The van der Waals surface area contributed by atoms with Crippen molar-refractivity contribution < 1.29 is 42.9 Å². The molecule has 1 aromatic rings. The summed E-state index contributed by atoms with van der Waals surface area (Å²) < 4.78 is 33.5. The number of aromatic hydroxyl groups is 1. The van der Waals surface area contributed by atoms with Crippen LogP contribution in [-0.2, 0) is 36.2 Å². The number of carbonyl (C=O) groups is 2. The van der Waals surface area contributed by atoms with E-state index < -0.39 is 25.5 Å². The third kappa shape index (κ3) is 7.19. The fraction of sp³-hybridized carbons (Fsp3) is 0.520. The minimum Gasteiger partial charge on any atom is -0.507 e. The molecule has 0 saturated carbocycles. The van der Waals surface area contributed by atoms with Gasteiger partial charge in [0.05, 0.1) is 32.4 Å². The summed E-state index contributed by atoms with van der Waals surface area (Å²) >= 11 is 0. The van der Waals surface area contributed by atoms with Crippen molar-refractivity contribution in [3.63, 3.8) is 0 Å². The molecule has 2 N–H and O–H groups in total. The van der Waals surface area contributed by atoms with Gasteiger partial charge in [0.15, 0.2) is 0 Å². The summed E-state index contributed by atoms with van der Waals surface area (Å²) in [5.41, 5.74) is 2.77. The van der Waals surface area contributed by atoms with E-state index in [1.165, 1.54) is 7.11 Å². The Morgan fingerprint density at radius 3 is 2.46 bits per heavy atom. The van der Waals surface area contributed by atoms with Gasteiger partial charge < -0.3 is 28.7 Å². The van der Waals surface area contributed by atoms with Crippen LogP contribution in [0.4, 0.5) is 0 Å². The molecule has 0 aromatic heterocycles. The molecular weight excluding hydrogens is 475 g/mol. The number of methoxy groups -OCH3 is 1. The van der Waals surface area contributed by atoms with E-state index in [4.69, 9.17) is 18.5 Å². The minimum absolute atomic E-state index is 0.0784. The van der Waals surface area contributed by atoms with E-state index in [0.717, 1.165) is 11.1 Å². The molecule has 9 nitrogen and oxygen atoms in total. The second-order valence-corrected chi connectivity index (χ2v) is 10.3. The quantitative estimate of drug-likeness (QED) is 0.198. The summed E-state index contributed by atoms with van der Waals surface area (Å²) in [5.74, 6) is -1.89. The Morgan fingerprint density at radius 2 is 1.89 bits per heavy atom. The molecule has 0 bridgehead atoms. The Hall–Kier alpha value is -2.61. The van der Waals surface area contributed by atoms with E-state index in [-0.39, 0.29) is 56.6 Å². The van der Waals surface area contributed by atoms with Gasteiger partial charge in [-0.2, -0.15) is 0 Å². The van der Waals surface area contributed by atoms with Gasteiger partial charge in [-0.05, 0) is 52.5 Å². The van der Waals surface area contributed by atoms with E-state index in [1.807, 2.05) is 19.9 Å². The van der Waals surface area contributed by atoms with Crippen molar-refractivity contribution in [3.8, 4) is 11.5 Å². The Bertz CT molecular complexity index is 1030. The van der Waals surface area contributed by atoms with Crippen LogP contribution in [0.5, 0.6) is 11.5 Å². The molecule has 1 aliphatic heterocycles. The first kappa shape index (κ1) is 28.6. The number of allylic oxidation sites excluding steroid dienone is 4. The molecule has 0 amide bonds. The van der Waals surface area contributed by atoms with E-state index in [9.17, 15) is 24.4 Å². The molecule has 0 aliphatic carbocycles. The number of hydrogen-bond acceptors (Lipinski definition) is 8. The van der Waals surface area contributed by atoms with Gasteiger partial charge in [0, 0.05) is 11.1 Å². The summed E-state index contributed by atoms with van der Waals surface area (Å²) in [4.78, 5) is 23.9. The highest BCUT2D eigenvalue weighted by Crippen LogP contribution is 2.48. The third-order valence-electron chi connectivity index (χ3n) is 5.79. The molecule has 0 fully saturated rings. The van der Waals surface area contributed by atoms with Crippen LogP contribution in [0.3, 0.4) is 0 Å². The fourth-order valence-corrected chi connectivity index (χ4v) is 5.53. The van der Waals surface area contributed by atoms with Gasteiger partial charge in [-0.15, -0.1) is 0 Å². The number of rotatable bonds is 14. The monoisotopic (exact) mass is 510 g/mol. The van der Waals surface area contributed by atoms with Crippen LogP contribution in [0, 0.1) is 12.8 Å². The van der Waals surface area contributed by atoms with Gasteiger partial charge in [0.1, 0.15) is 23.7 Å². The smallest absolute Gasteiger partial charge is 0.342 e. The number of ether oxygens (including phenoxy) is 2. The van der Waals surface area contributed by atoms with Crippen LogP contribution in [0.1, 0.15) is 60.7 Å². The van der Waals surface area contributed by atoms with Gasteiger partial charge >= 0.3 is 19.5 Å². The number of aliphatic carboxylic acids is 1. The summed E-state index contributed by atoms with van der Waals surface area (Å²) in [6.45, 7) is 7.71. The van der Waals surface area contributed by atoms with Crippen LogP contribution in [0.25, 0.3) is 0 Å². The molecule has 1 heterocycles. The number of carbonyl (C=O) groups excluding carboxylic acids is 1. The van der Waals surface area contributed by atoms with Gasteiger partial charge in [-0.1, -0.05) is 23.8 Å². The van der Waals surface area contributed by atoms with Crippen LogP contribution >= 0.6 is 7.60 Å². The van der Waals surface area contributed by atoms with E-state index >= 15 is 0 Å². The second kappa shape index (κ2) is 12.9. The van der Waals surface area contributed by atoms with Crippen molar-refractivity contribution in [2.24, 2.45) is 5.92 Å². The molecule has 194 valence electrons. The molecule has 0 saturated heterocycles. The molecule has 1 aromatic carbocycles. The lowest BCUT2D eigenvalue weighted by Gasteiger charge is -2.16. The van der Waals surface area contributed by atoms with Crippen LogP contribution in [-0.4, -0.2) is 48.6 Å². The zero-order chi connectivity index (χ0) is 26.2. The highest BCUT2D eigenvalue weighted by Gasteiger charge is 2.32. The molecule has 2 rings (SSSR count). The number of carboxylic acid groups (broad SMARTS) is 1. The largest absolute Gasteiger partial charge is 0.507 e. The standard InChI is InChI=1S/C25H35O9P/c1-6-33-35(30,34-7-2)13-9-8-10-18(24(27)28)14-16(3)11-12-19-22(26)21-20(15-32-25(21)29)17(4)23(19)31-5/h8-9,11,18,26H,6-7,10,12-15H2,1-5H3,(H,27,28). The van der Waals surface area contributed by atoms with Crippen LogP contribution in [0.2, 0.25) is 0 Å². The molecule has 1 atom stereocenters. The summed E-state index contributed by atoms with van der Waals surface area (Å²) in [6, 6.07) is 0. The van der Waals surface area contributed by atoms with Crippen molar-refractivity contribution in [2.45, 2.75) is 53.6 Å². The number of cyclic esters (lactones) is 1. The lowest BCUT2D eigenvalue weighted by atomic mass is 9.93. The first-order chi connectivity index (χ1) is 16.6. The SMILES string of the molecule is CCOP(=O)(CC=CCC(CC(C)=CCc1c(O)c2c(c(C)c1OC)COC2=O)C(=O)O)OCC. The maximum Gasteiger partial charge on any atom is 0.342 e. The number of phenols is 1. The van der Waals surface area contributed by atoms with Gasteiger partial charge in [0.25, 0.3) is 0 Å². The number of carboxylic acids is 1. The number of hydrogen-bond donors (Lipinski definition) is 2. The summed E-state index contributed by atoms with van der Waals surface area (Å²) in [5, 5.41) is 20.4. The number of esters is 1. The van der Waals surface area contributed by atoms with Gasteiger partial charge in [0.2, 0.25) is 0 Å². The minimum atomic E-state index is -3.22. The molecule has 1 unspecified atom stereocenters. The Balaban J connectivity index is 2.12. The first-order valence-corrected chi connectivity index (χ1v) is 13.3. The first-order valence-electron chi connectivity index (χ1n) is 11.6. The molecular formula is C25H35O9P. The average molecular weight is 511 g/mol. The topological polar surface area (TPSA) is 129 Å². The normalized spacial score (nSPS) is 14.8. The Morgan fingerprint density at radius 1 is 1.23 bits per heavy atom. The third-order valence-corrected chi connectivity index (χ3v) is 7.75. The zero-order valence-corrected chi connectivity index (χ0v) is 21.9.